The number of nitrogen functional groups attached to an aromatic ring is 1. The van der Waals surface area contributed by atoms with Gasteiger partial charge in [-0.15, -0.1) is 0 Å². The van der Waals surface area contributed by atoms with E-state index in [0.29, 0.717) is 17.6 Å². The standard InChI is InChI=1S/C10H11FN4O2/c11-6-1-2-8-7(5-6)14-9(12)15(8)3-4-17-10(13)16/h1-2,5H,3-4H2,(H2,12,14)(H2,13,16). The topological polar surface area (TPSA) is 96.2 Å². The van der Waals surface area contributed by atoms with E-state index < -0.39 is 6.09 Å². The van der Waals surface area contributed by atoms with Gasteiger partial charge in [0.05, 0.1) is 17.6 Å². The summed E-state index contributed by atoms with van der Waals surface area (Å²) in [6, 6.07) is 4.17. The van der Waals surface area contributed by atoms with Crippen molar-refractivity contribution in [3.8, 4) is 0 Å². The van der Waals surface area contributed by atoms with E-state index in [1.54, 1.807) is 10.6 Å². The maximum atomic E-state index is 13.0. The van der Waals surface area contributed by atoms with Crippen molar-refractivity contribution in [1.82, 2.24) is 9.55 Å². The second kappa shape index (κ2) is 4.28. The molecule has 1 amide bonds. The summed E-state index contributed by atoms with van der Waals surface area (Å²) in [7, 11) is 0. The molecular formula is C10H11FN4O2. The van der Waals surface area contributed by atoms with Crippen LogP contribution in [0.15, 0.2) is 18.2 Å². The number of nitrogens with two attached hydrogens (primary N) is 2. The molecule has 2 aromatic rings. The monoisotopic (exact) mass is 238 g/mol. The highest BCUT2D eigenvalue weighted by Gasteiger charge is 2.08. The summed E-state index contributed by atoms with van der Waals surface area (Å²) in [5.41, 5.74) is 11.7. The summed E-state index contributed by atoms with van der Waals surface area (Å²) in [6.07, 6.45) is -0.848. The fourth-order valence-corrected chi connectivity index (χ4v) is 1.59. The van der Waals surface area contributed by atoms with Gasteiger partial charge in [0.15, 0.2) is 0 Å². The first-order chi connectivity index (χ1) is 8.08. The second-order valence-corrected chi connectivity index (χ2v) is 3.42. The van der Waals surface area contributed by atoms with E-state index in [2.05, 4.69) is 9.72 Å². The molecule has 0 radical (unpaired) electrons. The van der Waals surface area contributed by atoms with E-state index in [0.717, 1.165) is 0 Å². The summed E-state index contributed by atoms with van der Waals surface area (Å²) in [5.74, 6) is -0.144. The molecule has 1 heterocycles. The van der Waals surface area contributed by atoms with Gasteiger partial charge in [-0.05, 0) is 12.1 Å². The van der Waals surface area contributed by atoms with Crippen molar-refractivity contribution >= 4 is 23.1 Å². The van der Waals surface area contributed by atoms with Gasteiger partial charge >= 0.3 is 6.09 Å². The molecule has 4 N–H and O–H groups in total. The molecule has 0 saturated carbocycles. The predicted octanol–water partition coefficient (Wildman–Crippen LogP) is 0.853. The molecule has 17 heavy (non-hydrogen) atoms. The minimum atomic E-state index is -0.848. The van der Waals surface area contributed by atoms with Crippen LogP contribution in [-0.4, -0.2) is 22.3 Å². The number of hydrogen-bond donors (Lipinski definition) is 2. The van der Waals surface area contributed by atoms with E-state index in [1.807, 2.05) is 0 Å². The molecule has 2 rings (SSSR count). The maximum Gasteiger partial charge on any atom is 0.404 e. The van der Waals surface area contributed by atoms with Crippen molar-refractivity contribution in [3.05, 3.63) is 24.0 Å². The molecule has 1 aromatic carbocycles. The van der Waals surface area contributed by atoms with E-state index in [1.165, 1.54) is 12.1 Å². The normalized spacial score (nSPS) is 10.6. The van der Waals surface area contributed by atoms with Gasteiger partial charge in [-0.2, -0.15) is 0 Å². The third-order valence-electron chi connectivity index (χ3n) is 2.30. The summed E-state index contributed by atoms with van der Waals surface area (Å²) in [4.78, 5) is 14.4. The minimum absolute atomic E-state index is 0.0857. The van der Waals surface area contributed by atoms with Crippen LogP contribution in [0.1, 0.15) is 0 Å². The zero-order valence-electron chi connectivity index (χ0n) is 8.89. The van der Waals surface area contributed by atoms with Crippen molar-refractivity contribution in [1.29, 1.82) is 0 Å². The third kappa shape index (κ3) is 2.27. The van der Waals surface area contributed by atoms with Crippen molar-refractivity contribution in [3.63, 3.8) is 0 Å². The van der Waals surface area contributed by atoms with Crippen LogP contribution in [-0.2, 0) is 11.3 Å². The van der Waals surface area contributed by atoms with Crippen LogP contribution < -0.4 is 11.5 Å². The number of primary amides is 1. The van der Waals surface area contributed by atoms with Gasteiger partial charge in [-0.3, -0.25) is 0 Å². The molecule has 0 aliphatic heterocycles. The van der Waals surface area contributed by atoms with Gasteiger partial charge in [-0.1, -0.05) is 0 Å². The molecule has 0 aliphatic rings. The Morgan fingerprint density at radius 2 is 2.29 bits per heavy atom. The Balaban J connectivity index is 2.27. The van der Waals surface area contributed by atoms with Crippen LogP contribution in [0.25, 0.3) is 11.0 Å². The highest BCUT2D eigenvalue weighted by Crippen LogP contribution is 2.18. The molecular weight excluding hydrogens is 227 g/mol. The summed E-state index contributed by atoms with van der Waals surface area (Å²) in [6.45, 7) is 0.402. The predicted molar refractivity (Wildman–Crippen MR) is 59.6 cm³/mol. The molecule has 0 aliphatic carbocycles. The fourth-order valence-electron chi connectivity index (χ4n) is 1.59. The fraction of sp³-hybridized carbons (Fsp3) is 0.200. The number of rotatable bonds is 3. The number of carbonyl (C=O) groups is 1. The van der Waals surface area contributed by atoms with Gasteiger partial charge in [0, 0.05) is 6.07 Å². The van der Waals surface area contributed by atoms with Crippen LogP contribution in [0.4, 0.5) is 15.1 Å². The molecule has 0 saturated heterocycles. The number of aromatic nitrogens is 2. The van der Waals surface area contributed by atoms with Gasteiger partial charge < -0.3 is 20.8 Å². The molecule has 0 spiro atoms. The van der Waals surface area contributed by atoms with Gasteiger partial charge in [0.25, 0.3) is 0 Å². The molecule has 7 heteroatoms. The Labute approximate surface area is 96.0 Å². The van der Waals surface area contributed by atoms with Gasteiger partial charge in [0.2, 0.25) is 5.95 Å². The van der Waals surface area contributed by atoms with Crippen LogP contribution in [0.2, 0.25) is 0 Å². The number of halogens is 1. The molecule has 0 unspecified atom stereocenters. The highest BCUT2D eigenvalue weighted by molar-refractivity contribution is 5.78. The molecule has 1 aromatic heterocycles. The number of carbonyl (C=O) groups excluding carboxylic acids is 1. The number of hydrogen-bond acceptors (Lipinski definition) is 4. The van der Waals surface area contributed by atoms with Gasteiger partial charge in [0.1, 0.15) is 12.4 Å². The summed E-state index contributed by atoms with van der Waals surface area (Å²) < 4.78 is 19.2. The van der Waals surface area contributed by atoms with Crippen LogP contribution >= 0.6 is 0 Å². The summed E-state index contributed by atoms with van der Waals surface area (Å²) >= 11 is 0. The van der Waals surface area contributed by atoms with E-state index in [9.17, 15) is 9.18 Å². The first-order valence-electron chi connectivity index (χ1n) is 4.91. The lowest BCUT2D eigenvalue weighted by atomic mass is 10.3. The molecule has 0 atom stereocenters. The Bertz CT molecular complexity index is 567. The van der Waals surface area contributed by atoms with E-state index in [4.69, 9.17) is 11.5 Å². The lowest BCUT2D eigenvalue weighted by molar-refractivity contribution is 0.153. The van der Waals surface area contributed by atoms with Crippen molar-refractivity contribution in [2.75, 3.05) is 12.3 Å². The molecule has 0 fully saturated rings. The highest BCUT2D eigenvalue weighted by atomic mass is 19.1. The van der Waals surface area contributed by atoms with Crippen LogP contribution in [0.5, 0.6) is 0 Å². The van der Waals surface area contributed by atoms with Crippen LogP contribution in [0, 0.1) is 5.82 Å². The Hall–Kier alpha value is -2.31. The number of anilines is 1. The number of nitrogens with zero attached hydrogens (tertiary/aromatic N) is 2. The zero-order valence-corrected chi connectivity index (χ0v) is 8.89. The van der Waals surface area contributed by atoms with Crippen LogP contribution in [0.3, 0.4) is 0 Å². The van der Waals surface area contributed by atoms with E-state index in [-0.39, 0.29) is 18.4 Å². The maximum absolute atomic E-state index is 13.0. The average Bonchev–Trinajstić information content (AvgIpc) is 2.54. The Morgan fingerprint density at radius 3 is 3.00 bits per heavy atom. The van der Waals surface area contributed by atoms with Crippen molar-refractivity contribution < 1.29 is 13.9 Å². The minimum Gasteiger partial charge on any atom is -0.448 e. The summed E-state index contributed by atoms with van der Waals surface area (Å²) in [5, 5.41) is 0. The van der Waals surface area contributed by atoms with Crippen molar-refractivity contribution in [2.45, 2.75) is 6.54 Å². The third-order valence-corrected chi connectivity index (χ3v) is 2.30. The van der Waals surface area contributed by atoms with E-state index >= 15 is 0 Å². The quantitative estimate of drug-likeness (QED) is 0.828. The lowest BCUT2D eigenvalue weighted by Gasteiger charge is -2.05. The Morgan fingerprint density at radius 1 is 1.53 bits per heavy atom. The first kappa shape index (κ1) is 11.2. The number of imidazole rings is 1. The Kier molecular flexibility index (Phi) is 2.82. The number of benzene rings is 1. The largest absolute Gasteiger partial charge is 0.448 e. The second-order valence-electron chi connectivity index (χ2n) is 3.42. The number of ether oxygens (including phenoxy) is 1. The average molecular weight is 238 g/mol. The molecule has 90 valence electrons. The smallest absolute Gasteiger partial charge is 0.404 e. The zero-order chi connectivity index (χ0) is 12.4. The number of amides is 1. The SMILES string of the molecule is NC(=O)OCCn1c(N)nc2cc(F)ccc21. The van der Waals surface area contributed by atoms with Gasteiger partial charge in [-0.25, -0.2) is 14.2 Å². The van der Waals surface area contributed by atoms with Crippen molar-refractivity contribution in [2.24, 2.45) is 5.73 Å². The number of fused-ring (bicyclic) bond motifs is 1. The first-order valence-corrected chi connectivity index (χ1v) is 4.91. The molecule has 0 bridgehead atoms. The molecule has 6 nitrogen and oxygen atoms in total. The lowest BCUT2D eigenvalue weighted by Crippen LogP contribution is -2.17.